The Morgan fingerprint density at radius 1 is 1.27 bits per heavy atom. The number of rotatable bonds is 5. The lowest BCUT2D eigenvalue weighted by atomic mass is 9.93. The summed E-state index contributed by atoms with van der Waals surface area (Å²) < 4.78 is 0. The second kappa shape index (κ2) is 7.43. The van der Waals surface area contributed by atoms with Crippen molar-refractivity contribution in [2.45, 2.75) is 45.4 Å². The zero-order valence-electron chi connectivity index (χ0n) is 13.4. The van der Waals surface area contributed by atoms with Crippen LogP contribution in [0.2, 0.25) is 0 Å². The van der Waals surface area contributed by atoms with E-state index >= 15 is 0 Å². The molecule has 4 heteroatoms. The fourth-order valence-electron chi connectivity index (χ4n) is 3.01. The van der Waals surface area contributed by atoms with Crippen molar-refractivity contribution in [2.75, 3.05) is 13.1 Å². The van der Waals surface area contributed by atoms with Crippen molar-refractivity contribution in [1.82, 2.24) is 4.90 Å². The Morgan fingerprint density at radius 2 is 1.95 bits per heavy atom. The Bertz CT molecular complexity index is 522. The number of nitrogens with zero attached hydrogens (tertiary/aromatic N) is 1. The Balaban J connectivity index is 1.97. The molecule has 1 aromatic rings. The highest BCUT2D eigenvalue weighted by molar-refractivity contribution is 5.94. The van der Waals surface area contributed by atoms with Crippen molar-refractivity contribution in [1.29, 1.82) is 0 Å². The molecule has 0 aliphatic carbocycles. The van der Waals surface area contributed by atoms with Gasteiger partial charge in [0.05, 0.1) is 0 Å². The van der Waals surface area contributed by atoms with E-state index in [2.05, 4.69) is 13.8 Å². The van der Waals surface area contributed by atoms with E-state index in [4.69, 9.17) is 5.11 Å². The molecule has 1 saturated heterocycles. The smallest absolute Gasteiger partial charge is 0.303 e. The number of carbonyl (C=O) groups is 2. The fraction of sp³-hybridized carbons (Fsp3) is 0.556. The molecule has 120 valence electrons. The molecule has 1 aliphatic heterocycles. The lowest BCUT2D eigenvalue weighted by Gasteiger charge is -2.32. The van der Waals surface area contributed by atoms with E-state index in [1.807, 2.05) is 29.2 Å². The van der Waals surface area contributed by atoms with Gasteiger partial charge in [0.2, 0.25) is 0 Å². The molecule has 1 aliphatic rings. The van der Waals surface area contributed by atoms with Crippen LogP contribution in [0.25, 0.3) is 0 Å². The highest BCUT2D eigenvalue weighted by Gasteiger charge is 2.24. The average molecular weight is 303 g/mol. The number of carboxylic acid groups (broad SMARTS) is 1. The Morgan fingerprint density at radius 3 is 2.55 bits per heavy atom. The van der Waals surface area contributed by atoms with Gasteiger partial charge in [-0.3, -0.25) is 9.59 Å². The van der Waals surface area contributed by atoms with Crippen molar-refractivity contribution in [3.63, 3.8) is 0 Å². The number of aliphatic carboxylic acids is 1. The predicted molar refractivity (Wildman–Crippen MR) is 86.0 cm³/mol. The zero-order chi connectivity index (χ0) is 16.1. The summed E-state index contributed by atoms with van der Waals surface area (Å²) in [6.07, 6.45) is 2.82. The van der Waals surface area contributed by atoms with Crippen LogP contribution in [0, 0.1) is 5.92 Å². The SMILES string of the molecule is CC(C)c1ccc(C(=O)N2CCCC(CCC(=O)O)C2)cc1. The van der Waals surface area contributed by atoms with Gasteiger partial charge in [0.1, 0.15) is 0 Å². The Hall–Kier alpha value is -1.84. The van der Waals surface area contributed by atoms with Gasteiger partial charge >= 0.3 is 5.97 Å². The summed E-state index contributed by atoms with van der Waals surface area (Å²) >= 11 is 0. The molecule has 0 spiro atoms. The van der Waals surface area contributed by atoms with E-state index in [1.54, 1.807) is 0 Å². The van der Waals surface area contributed by atoms with Gasteiger partial charge < -0.3 is 10.0 Å². The molecule has 1 N–H and O–H groups in total. The second-order valence-corrected chi connectivity index (χ2v) is 6.47. The maximum Gasteiger partial charge on any atom is 0.303 e. The molecule has 2 rings (SSSR count). The molecular formula is C18H25NO3. The molecule has 0 bridgehead atoms. The third-order valence-electron chi connectivity index (χ3n) is 4.40. The highest BCUT2D eigenvalue weighted by Crippen LogP contribution is 2.23. The largest absolute Gasteiger partial charge is 0.481 e. The lowest BCUT2D eigenvalue weighted by molar-refractivity contribution is -0.137. The molecular weight excluding hydrogens is 278 g/mol. The number of likely N-dealkylation sites (tertiary alicyclic amines) is 1. The van der Waals surface area contributed by atoms with E-state index < -0.39 is 5.97 Å². The first-order chi connectivity index (χ1) is 10.5. The summed E-state index contributed by atoms with van der Waals surface area (Å²) in [5, 5.41) is 8.79. The monoisotopic (exact) mass is 303 g/mol. The van der Waals surface area contributed by atoms with Gasteiger partial charge in [-0.25, -0.2) is 0 Å². The lowest BCUT2D eigenvalue weighted by Crippen LogP contribution is -2.40. The summed E-state index contributed by atoms with van der Waals surface area (Å²) in [4.78, 5) is 25.1. The number of hydrogen-bond donors (Lipinski definition) is 1. The van der Waals surface area contributed by atoms with Crippen LogP contribution in [0.5, 0.6) is 0 Å². The molecule has 0 radical (unpaired) electrons. The molecule has 0 saturated carbocycles. The predicted octanol–water partition coefficient (Wildman–Crippen LogP) is 3.53. The first-order valence-electron chi connectivity index (χ1n) is 8.08. The van der Waals surface area contributed by atoms with Gasteiger partial charge in [-0.2, -0.15) is 0 Å². The van der Waals surface area contributed by atoms with Crippen LogP contribution in [0.15, 0.2) is 24.3 Å². The quantitative estimate of drug-likeness (QED) is 0.905. The minimum atomic E-state index is -0.757. The minimum Gasteiger partial charge on any atom is -0.481 e. The van der Waals surface area contributed by atoms with Crippen molar-refractivity contribution < 1.29 is 14.7 Å². The normalized spacial score (nSPS) is 18.5. The highest BCUT2D eigenvalue weighted by atomic mass is 16.4. The van der Waals surface area contributed by atoms with Crippen LogP contribution in [0.3, 0.4) is 0 Å². The van der Waals surface area contributed by atoms with Crippen LogP contribution < -0.4 is 0 Å². The van der Waals surface area contributed by atoms with Crippen LogP contribution in [-0.2, 0) is 4.79 Å². The van der Waals surface area contributed by atoms with Gasteiger partial charge in [-0.15, -0.1) is 0 Å². The number of piperidine rings is 1. The zero-order valence-corrected chi connectivity index (χ0v) is 13.4. The summed E-state index contributed by atoms with van der Waals surface area (Å²) in [6.45, 7) is 5.72. The van der Waals surface area contributed by atoms with Crippen molar-refractivity contribution >= 4 is 11.9 Å². The first kappa shape index (κ1) is 16.5. The molecule has 0 aromatic heterocycles. The van der Waals surface area contributed by atoms with E-state index in [0.29, 0.717) is 24.8 Å². The summed E-state index contributed by atoms with van der Waals surface area (Å²) in [6, 6.07) is 7.84. The maximum atomic E-state index is 12.6. The average Bonchev–Trinajstić information content (AvgIpc) is 2.52. The van der Waals surface area contributed by atoms with E-state index in [0.717, 1.165) is 24.9 Å². The van der Waals surface area contributed by atoms with E-state index in [1.165, 1.54) is 5.56 Å². The topological polar surface area (TPSA) is 57.6 Å². The molecule has 1 unspecified atom stereocenters. The molecule has 1 aromatic carbocycles. The van der Waals surface area contributed by atoms with Crippen molar-refractivity contribution in [3.8, 4) is 0 Å². The standard InChI is InChI=1S/C18H25NO3/c1-13(2)15-6-8-16(9-7-15)18(22)19-11-3-4-14(12-19)5-10-17(20)21/h6-9,13-14H,3-5,10-12H2,1-2H3,(H,20,21). The molecule has 1 atom stereocenters. The van der Waals surface area contributed by atoms with Gasteiger partial charge in [-0.1, -0.05) is 26.0 Å². The molecule has 22 heavy (non-hydrogen) atoms. The Labute approximate surface area is 132 Å². The van der Waals surface area contributed by atoms with Gasteiger partial charge in [0, 0.05) is 25.1 Å². The van der Waals surface area contributed by atoms with Crippen LogP contribution in [0.1, 0.15) is 61.4 Å². The third-order valence-corrected chi connectivity index (χ3v) is 4.40. The second-order valence-electron chi connectivity index (χ2n) is 6.47. The van der Waals surface area contributed by atoms with Crippen molar-refractivity contribution in [3.05, 3.63) is 35.4 Å². The van der Waals surface area contributed by atoms with Crippen LogP contribution in [-0.4, -0.2) is 35.0 Å². The van der Waals surface area contributed by atoms with Crippen molar-refractivity contribution in [2.24, 2.45) is 5.92 Å². The van der Waals surface area contributed by atoms with E-state index in [-0.39, 0.29) is 12.3 Å². The fourth-order valence-corrected chi connectivity index (χ4v) is 3.01. The molecule has 1 fully saturated rings. The van der Waals surface area contributed by atoms with E-state index in [9.17, 15) is 9.59 Å². The molecule has 4 nitrogen and oxygen atoms in total. The van der Waals surface area contributed by atoms with Crippen LogP contribution >= 0.6 is 0 Å². The Kier molecular flexibility index (Phi) is 5.58. The third kappa shape index (κ3) is 4.33. The van der Waals surface area contributed by atoms with Gasteiger partial charge in [0.15, 0.2) is 0 Å². The number of benzene rings is 1. The number of carboxylic acids is 1. The van der Waals surface area contributed by atoms with Crippen LogP contribution in [0.4, 0.5) is 0 Å². The summed E-state index contributed by atoms with van der Waals surface area (Å²) in [7, 11) is 0. The van der Waals surface area contributed by atoms with Gasteiger partial charge in [0.25, 0.3) is 5.91 Å². The minimum absolute atomic E-state index is 0.0651. The van der Waals surface area contributed by atoms with Gasteiger partial charge in [-0.05, 0) is 48.8 Å². The maximum absolute atomic E-state index is 12.6. The summed E-state index contributed by atoms with van der Waals surface area (Å²) in [5.74, 6) is 0.0753. The number of hydrogen-bond acceptors (Lipinski definition) is 2. The molecule has 1 amide bonds. The molecule has 1 heterocycles. The number of carbonyl (C=O) groups excluding carboxylic acids is 1. The number of amides is 1. The summed E-state index contributed by atoms with van der Waals surface area (Å²) in [5.41, 5.74) is 1.96. The first-order valence-corrected chi connectivity index (χ1v) is 8.08.